The topological polar surface area (TPSA) is 32.3 Å². The summed E-state index contributed by atoms with van der Waals surface area (Å²) in [4.78, 5) is 13.1. The monoisotopic (exact) mass is 332 g/mol. The summed E-state index contributed by atoms with van der Waals surface area (Å²) in [6.45, 7) is 4.99. The summed E-state index contributed by atoms with van der Waals surface area (Å²) in [5.74, 6) is -0.353. The summed E-state index contributed by atoms with van der Waals surface area (Å²) in [7, 11) is 0. The summed E-state index contributed by atoms with van der Waals surface area (Å²) < 4.78 is 13.6. The van der Waals surface area contributed by atoms with Crippen LogP contribution in [0.2, 0.25) is 10.0 Å². The van der Waals surface area contributed by atoms with E-state index in [0.717, 1.165) is 25.9 Å². The van der Waals surface area contributed by atoms with Crippen molar-refractivity contribution in [3.05, 3.63) is 33.6 Å². The van der Waals surface area contributed by atoms with Crippen LogP contribution in [-0.4, -0.2) is 29.9 Å². The first-order valence-electron chi connectivity index (χ1n) is 7.05. The number of rotatable bonds is 3. The van der Waals surface area contributed by atoms with Crippen LogP contribution in [0.1, 0.15) is 38.3 Å². The predicted molar refractivity (Wildman–Crippen MR) is 83.2 cm³/mol. The predicted octanol–water partition coefficient (Wildman–Crippen LogP) is 3.79. The zero-order valence-electron chi connectivity index (χ0n) is 12.1. The zero-order chi connectivity index (χ0) is 15.6. The average molecular weight is 333 g/mol. The highest BCUT2D eigenvalue weighted by molar-refractivity contribution is 6.36. The van der Waals surface area contributed by atoms with Crippen molar-refractivity contribution < 1.29 is 9.18 Å². The fourth-order valence-electron chi connectivity index (χ4n) is 2.74. The molecule has 1 aliphatic heterocycles. The molecule has 0 aromatic heterocycles. The molecule has 3 nitrogen and oxygen atoms in total. The summed E-state index contributed by atoms with van der Waals surface area (Å²) in [6, 6.07) is 2.92. The Bertz CT molecular complexity index is 531. The van der Waals surface area contributed by atoms with Gasteiger partial charge in [0.15, 0.2) is 0 Å². The van der Waals surface area contributed by atoms with Gasteiger partial charge in [-0.15, -0.1) is 0 Å². The van der Waals surface area contributed by atoms with Crippen molar-refractivity contribution >= 4 is 29.1 Å². The number of benzene rings is 1. The number of amides is 1. The van der Waals surface area contributed by atoms with E-state index in [-0.39, 0.29) is 23.0 Å². The minimum Gasteiger partial charge on any atom is -0.343 e. The highest BCUT2D eigenvalue weighted by atomic mass is 35.5. The van der Waals surface area contributed by atoms with Gasteiger partial charge >= 0.3 is 0 Å². The second-order valence-corrected chi connectivity index (χ2v) is 6.21. The van der Waals surface area contributed by atoms with Crippen molar-refractivity contribution in [2.24, 2.45) is 0 Å². The van der Waals surface area contributed by atoms with Crippen molar-refractivity contribution in [1.29, 1.82) is 0 Å². The lowest BCUT2D eigenvalue weighted by Gasteiger charge is -2.33. The molecule has 1 aliphatic rings. The average Bonchev–Trinajstić information content (AvgIpc) is 2.44. The molecule has 1 heterocycles. The van der Waals surface area contributed by atoms with E-state index in [9.17, 15) is 9.18 Å². The van der Waals surface area contributed by atoms with Crippen molar-refractivity contribution in [3.8, 4) is 0 Å². The van der Waals surface area contributed by atoms with Crippen LogP contribution in [0.25, 0.3) is 0 Å². The van der Waals surface area contributed by atoms with E-state index in [0.29, 0.717) is 10.6 Å². The van der Waals surface area contributed by atoms with Crippen LogP contribution >= 0.6 is 23.2 Å². The molecule has 0 radical (unpaired) electrons. The second kappa shape index (κ2) is 6.95. The van der Waals surface area contributed by atoms with E-state index in [1.807, 2.05) is 11.8 Å². The van der Waals surface area contributed by atoms with Gasteiger partial charge in [0.2, 0.25) is 5.91 Å². The molecular weight excluding hydrogens is 314 g/mol. The molecule has 1 amide bonds. The van der Waals surface area contributed by atoms with Crippen molar-refractivity contribution in [3.63, 3.8) is 0 Å². The van der Waals surface area contributed by atoms with Crippen molar-refractivity contribution in [2.45, 2.75) is 38.8 Å². The van der Waals surface area contributed by atoms with Gasteiger partial charge in [0.05, 0.1) is 5.02 Å². The van der Waals surface area contributed by atoms with Gasteiger partial charge < -0.3 is 10.2 Å². The molecule has 0 aliphatic carbocycles. The Morgan fingerprint density at radius 2 is 2.00 bits per heavy atom. The number of nitrogens with one attached hydrogen (secondary N) is 1. The smallest absolute Gasteiger partial charge is 0.219 e. The summed E-state index contributed by atoms with van der Waals surface area (Å²) >= 11 is 12.2. The lowest BCUT2D eigenvalue weighted by molar-refractivity contribution is -0.129. The van der Waals surface area contributed by atoms with Gasteiger partial charge in [-0.3, -0.25) is 4.79 Å². The van der Waals surface area contributed by atoms with E-state index in [1.54, 1.807) is 6.92 Å². The maximum absolute atomic E-state index is 13.6. The van der Waals surface area contributed by atoms with Crippen LogP contribution in [-0.2, 0) is 4.79 Å². The van der Waals surface area contributed by atoms with Crippen LogP contribution in [0.5, 0.6) is 0 Å². The first kappa shape index (κ1) is 16.5. The quantitative estimate of drug-likeness (QED) is 0.854. The number of carbonyl (C=O) groups excluding carboxylic acids is 1. The van der Waals surface area contributed by atoms with Crippen molar-refractivity contribution in [2.75, 3.05) is 13.1 Å². The van der Waals surface area contributed by atoms with Gasteiger partial charge in [0, 0.05) is 42.7 Å². The maximum Gasteiger partial charge on any atom is 0.219 e. The standard InChI is InChI=1S/C15H19Cl2FN2O/c1-9(14-12(16)3-4-13(18)15(14)17)19-11-5-7-20(8-6-11)10(2)21/h3-4,9,11,19H,5-8H2,1-2H3/t9-/m0/s1. The van der Waals surface area contributed by atoms with Crippen LogP contribution in [0, 0.1) is 5.82 Å². The zero-order valence-corrected chi connectivity index (χ0v) is 13.6. The highest BCUT2D eigenvalue weighted by Crippen LogP contribution is 2.33. The fraction of sp³-hybridized carbons (Fsp3) is 0.533. The van der Waals surface area contributed by atoms with Crippen LogP contribution in [0.3, 0.4) is 0 Å². The van der Waals surface area contributed by atoms with E-state index in [4.69, 9.17) is 23.2 Å². The summed E-state index contributed by atoms with van der Waals surface area (Å²) in [5, 5.41) is 3.96. The lowest BCUT2D eigenvalue weighted by Crippen LogP contribution is -2.44. The minimum atomic E-state index is -0.462. The fourth-order valence-corrected chi connectivity index (χ4v) is 3.44. The Hall–Kier alpha value is -0.840. The van der Waals surface area contributed by atoms with Gasteiger partial charge in [-0.05, 0) is 31.9 Å². The number of hydrogen-bond donors (Lipinski definition) is 1. The molecule has 0 bridgehead atoms. The molecule has 0 spiro atoms. The Balaban J connectivity index is 2.01. The second-order valence-electron chi connectivity index (χ2n) is 5.43. The number of piperidine rings is 1. The molecule has 1 atom stereocenters. The van der Waals surface area contributed by atoms with Crippen LogP contribution in [0.15, 0.2) is 12.1 Å². The lowest BCUT2D eigenvalue weighted by atomic mass is 10.0. The molecule has 1 aromatic carbocycles. The molecule has 1 fully saturated rings. The third-order valence-electron chi connectivity index (χ3n) is 3.94. The Morgan fingerprint density at radius 3 is 2.57 bits per heavy atom. The number of carbonyl (C=O) groups is 1. The van der Waals surface area contributed by atoms with Crippen LogP contribution < -0.4 is 5.32 Å². The molecule has 21 heavy (non-hydrogen) atoms. The van der Waals surface area contributed by atoms with E-state index in [2.05, 4.69) is 5.32 Å². The third-order valence-corrected chi connectivity index (χ3v) is 4.65. The van der Waals surface area contributed by atoms with Gasteiger partial charge in [0.25, 0.3) is 0 Å². The molecule has 6 heteroatoms. The first-order chi connectivity index (χ1) is 9.90. The van der Waals surface area contributed by atoms with E-state index in [1.165, 1.54) is 12.1 Å². The SMILES string of the molecule is CC(=O)N1CCC(N[C@@H](C)c2c(Cl)ccc(F)c2Cl)CC1. The molecule has 116 valence electrons. The van der Waals surface area contributed by atoms with E-state index >= 15 is 0 Å². The highest BCUT2D eigenvalue weighted by Gasteiger charge is 2.24. The normalized spacial score (nSPS) is 17.9. The van der Waals surface area contributed by atoms with Gasteiger partial charge in [-0.1, -0.05) is 23.2 Å². The largest absolute Gasteiger partial charge is 0.343 e. The maximum atomic E-state index is 13.6. The van der Waals surface area contributed by atoms with Gasteiger partial charge in [-0.2, -0.15) is 0 Å². The molecule has 1 N–H and O–H groups in total. The molecule has 1 saturated heterocycles. The number of halogens is 3. The molecule has 1 aromatic rings. The van der Waals surface area contributed by atoms with Gasteiger partial charge in [0.1, 0.15) is 5.82 Å². The summed E-state index contributed by atoms with van der Waals surface area (Å²) in [5.41, 5.74) is 0.590. The molecule has 2 rings (SSSR count). The Morgan fingerprint density at radius 1 is 1.38 bits per heavy atom. The molecule has 0 unspecified atom stereocenters. The molecule has 0 saturated carbocycles. The van der Waals surface area contributed by atoms with Gasteiger partial charge in [-0.25, -0.2) is 4.39 Å². The van der Waals surface area contributed by atoms with E-state index < -0.39 is 5.82 Å². The number of nitrogens with zero attached hydrogens (tertiary/aromatic N) is 1. The Labute approximate surface area is 134 Å². The minimum absolute atomic E-state index is 0.0728. The molecular formula is C15H19Cl2FN2O. The Kier molecular flexibility index (Phi) is 5.47. The summed E-state index contributed by atoms with van der Waals surface area (Å²) in [6.07, 6.45) is 1.74. The number of hydrogen-bond acceptors (Lipinski definition) is 2. The van der Waals surface area contributed by atoms with Crippen molar-refractivity contribution in [1.82, 2.24) is 10.2 Å². The first-order valence-corrected chi connectivity index (χ1v) is 7.80. The number of likely N-dealkylation sites (tertiary alicyclic amines) is 1. The third kappa shape index (κ3) is 3.87. The van der Waals surface area contributed by atoms with Crippen LogP contribution in [0.4, 0.5) is 4.39 Å².